The molecule has 0 saturated heterocycles. The van der Waals surface area contributed by atoms with Gasteiger partial charge in [0.15, 0.2) is 5.96 Å². The van der Waals surface area contributed by atoms with Crippen molar-refractivity contribution in [1.29, 1.82) is 0 Å². The van der Waals surface area contributed by atoms with Crippen LogP contribution in [0.3, 0.4) is 0 Å². The van der Waals surface area contributed by atoms with Crippen LogP contribution in [0.4, 0.5) is 0 Å². The van der Waals surface area contributed by atoms with E-state index in [1.807, 2.05) is 23.1 Å². The smallest absolute Gasteiger partial charge is 0.190 e. The van der Waals surface area contributed by atoms with Crippen molar-refractivity contribution >= 4 is 5.96 Å². The highest BCUT2D eigenvalue weighted by atomic mass is 16.5. The Morgan fingerprint density at radius 1 is 1.27 bits per heavy atom. The summed E-state index contributed by atoms with van der Waals surface area (Å²) in [5.41, 5.74) is 0. The maximum absolute atomic E-state index is 5.85. The minimum atomic E-state index is 0.514. The van der Waals surface area contributed by atoms with Crippen LogP contribution in [0.15, 0.2) is 23.5 Å². The van der Waals surface area contributed by atoms with Gasteiger partial charge in [-0.05, 0) is 31.7 Å². The summed E-state index contributed by atoms with van der Waals surface area (Å²) in [5.74, 6) is 0.862. The molecular formula is C16H29N5O. The van der Waals surface area contributed by atoms with Crippen molar-refractivity contribution in [3.05, 3.63) is 18.5 Å². The average Bonchev–Trinajstić information content (AvgIpc) is 3.22. The molecule has 6 heteroatoms. The zero-order chi connectivity index (χ0) is 15.5. The molecule has 0 bridgehead atoms. The van der Waals surface area contributed by atoms with Crippen molar-refractivity contribution in [1.82, 2.24) is 20.4 Å². The lowest BCUT2D eigenvalue weighted by molar-refractivity contribution is 0.0574. The summed E-state index contributed by atoms with van der Waals surface area (Å²) in [7, 11) is 1.80. The van der Waals surface area contributed by atoms with Crippen molar-refractivity contribution in [3.8, 4) is 0 Å². The fraction of sp³-hybridized carbons (Fsp3) is 0.750. The van der Waals surface area contributed by atoms with E-state index in [1.54, 1.807) is 7.05 Å². The lowest BCUT2D eigenvalue weighted by Gasteiger charge is -2.13. The summed E-state index contributed by atoms with van der Waals surface area (Å²) in [6.07, 6.45) is 11.5. The maximum Gasteiger partial charge on any atom is 0.190 e. The van der Waals surface area contributed by atoms with Gasteiger partial charge in [-0.3, -0.25) is 9.67 Å². The van der Waals surface area contributed by atoms with E-state index in [0.717, 1.165) is 45.0 Å². The number of nitrogens with one attached hydrogen (secondary N) is 2. The monoisotopic (exact) mass is 307 g/mol. The first-order valence-electron chi connectivity index (χ1n) is 8.42. The fourth-order valence-electron chi connectivity index (χ4n) is 2.69. The molecule has 0 spiro atoms. The maximum atomic E-state index is 5.85. The molecule has 1 heterocycles. The van der Waals surface area contributed by atoms with E-state index < -0.39 is 0 Å². The highest BCUT2D eigenvalue weighted by Crippen LogP contribution is 2.20. The van der Waals surface area contributed by atoms with Crippen LogP contribution >= 0.6 is 0 Å². The third-order valence-corrected chi connectivity index (χ3v) is 3.91. The number of aromatic nitrogens is 2. The van der Waals surface area contributed by atoms with Crippen LogP contribution < -0.4 is 10.6 Å². The van der Waals surface area contributed by atoms with Gasteiger partial charge in [0.1, 0.15) is 0 Å². The third kappa shape index (κ3) is 6.47. The summed E-state index contributed by atoms with van der Waals surface area (Å²) < 4.78 is 7.79. The second kappa shape index (κ2) is 10.2. The van der Waals surface area contributed by atoms with Gasteiger partial charge in [-0.1, -0.05) is 12.8 Å². The van der Waals surface area contributed by atoms with Gasteiger partial charge in [-0.25, -0.2) is 0 Å². The SMILES string of the molecule is CN=C(NCCCOC1CCCC1)NCCCn1cccn1. The number of hydrogen-bond acceptors (Lipinski definition) is 3. The Hall–Kier alpha value is -1.56. The molecule has 0 unspecified atom stereocenters. The molecule has 0 amide bonds. The molecule has 22 heavy (non-hydrogen) atoms. The lowest BCUT2D eigenvalue weighted by atomic mass is 10.3. The van der Waals surface area contributed by atoms with Gasteiger partial charge in [0.05, 0.1) is 6.10 Å². The van der Waals surface area contributed by atoms with Crippen LogP contribution in [0.2, 0.25) is 0 Å². The molecule has 2 N–H and O–H groups in total. The summed E-state index contributed by atoms with van der Waals surface area (Å²) in [6.45, 7) is 3.55. The van der Waals surface area contributed by atoms with Crippen molar-refractivity contribution in [2.75, 3.05) is 26.7 Å². The Morgan fingerprint density at radius 3 is 2.73 bits per heavy atom. The van der Waals surface area contributed by atoms with Gasteiger partial charge in [0, 0.05) is 45.7 Å². The molecule has 6 nitrogen and oxygen atoms in total. The average molecular weight is 307 g/mol. The number of rotatable bonds is 9. The first kappa shape index (κ1) is 16.8. The van der Waals surface area contributed by atoms with Crippen LogP contribution in [0.25, 0.3) is 0 Å². The molecule has 0 radical (unpaired) electrons. The zero-order valence-electron chi connectivity index (χ0n) is 13.6. The van der Waals surface area contributed by atoms with Gasteiger partial charge in [-0.15, -0.1) is 0 Å². The van der Waals surface area contributed by atoms with Crippen LogP contribution in [0.5, 0.6) is 0 Å². The molecule has 1 aliphatic rings. The Bertz CT molecular complexity index is 412. The zero-order valence-corrected chi connectivity index (χ0v) is 13.6. The van der Waals surface area contributed by atoms with Crippen molar-refractivity contribution in [2.45, 2.75) is 51.2 Å². The van der Waals surface area contributed by atoms with E-state index >= 15 is 0 Å². The summed E-state index contributed by atoms with van der Waals surface area (Å²) in [5, 5.41) is 10.8. The molecular weight excluding hydrogens is 278 g/mol. The molecule has 2 rings (SSSR count). The van der Waals surface area contributed by atoms with E-state index in [4.69, 9.17) is 4.74 Å². The first-order valence-corrected chi connectivity index (χ1v) is 8.42. The highest BCUT2D eigenvalue weighted by molar-refractivity contribution is 5.79. The van der Waals surface area contributed by atoms with Crippen LogP contribution in [0.1, 0.15) is 38.5 Å². The molecule has 0 aromatic carbocycles. The van der Waals surface area contributed by atoms with Gasteiger partial charge < -0.3 is 15.4 Å². The molecule has 1 aliphatic carbocycles. The Kier molecular flexibility index (Phi) is 7.80. The number of hydrogen-bond donors (Lipinski definition) is 2. The second-order valence-corrected chi connectivity index (χ2v) is 5.68. The van der Waals surface area contributed by atoms with Gasteiger partial charge in [0.2, 0.25) is 0 Å². The second-order valence-electron chi connectivity index (χ2n) is 5.68. The van der Waals surface area contributed by atoms with Gasteiger partial charge in [-0.2, -0.15) is 5.10 Å². The number of ether oxygens (including phenoxy) is 1. The molecule has 1 aromatic heterocycles. The number of aliphatic imine (C=N–C) groups is 1. The predicted molar refractivity (Wildman–Crippen MR) is 89.0 cm³/mol. The quantitative estimate of drug-likeness (QED) is 0.415. The Labute approximate surface area is 133 Å². The van der Waals surface area contributed by atoms with Crippen molar-refractivity contribution in [2.24, 2.45) is 4.99 Å². The highest BCUT2D eigenvalue weighted by Gasteiger charge is 2.14. The van der Waals surface area contributed by atoms with Crippen molar-refractivity contribution in [3.63, 3.8) is 0 Å². The standard InChI is InChI=1S/C16H29N5O/c1-17-16(18-9-4-12-21-13-5-11-20-21)19-10-6-14-22-15-7-2-3-8-15/h5,11,13,15H,2-4,6-10,12,14H2,1H3,(H2,17,18,19). The molecule has 1 fully saturated rings. The molecule has 0 atom stereocenters. The Morgan fingerprint density at radius 2 is 2.05 bits per heavy atom. The summed E-state index contributed by atoms with van der Waals surface area (Å²) in [4.78, 5) is 4.23. The van der Waals surface area contributed by atoms with Crippen LogP contribution in [-0.2, 0) is 11.3 Å². The molecule has 0 aliphatic heterocycles. The molecule has 124 valence electrons. The van der Waals surface area contributed by atoms with Crippen LogP contribution in [-0.4, -0.2) is 48.6 Å². The predicted octanol–water partition coefficient (Wildman–Crippen LogP) is 1.79. The molecule has 1 saturated carbocycles. The fourth-order valence-corrected chi connectivity index (χ4v) is 2.69. The normalized spacial score (nSPS) is 16.1. The van der Waals surface area contributed by atoms with E-state index in [0.29, 0.717) is 6.10 Å². The van der Waals surface area contributed by atoms with E-state index in [1.165, 1.54) is 25.7 Å². The number of nitrogens with zero attached hydrogens (tertiary/aromatic N) is 3. The number of guanidine groups is 1. The van der Waals surface area contributed by atoms with Gasteiger partial charge in [0.25, 0.3) is 0 Å². The van der Waals surface area contributed by atoms with Crippen LogP contribution in [0, 0.1) is 0 Å². The largest absolute Gasteiger partial charge is 0.378 e. The van der Waals surface area contributed by atoms with Crippen molar-refractivity contribution < 1.29 is 4.74 Å². The lowest BCUT2D eigenvalue weighted by Crippen LogP contribution is -2.38. The van der Waals surface area contributed by atoms with E-state index in [9.17, 15) is 0 Å². The third-order valence-electron chi connectivity index (χ3n) is 3.91. The van der Waals surface area contributed by atoms with E-state index in [-0.39, 0.29) is 0 Å². The van der Waals surface area contributed by atoms with Gasteiger partial charge >= 0.3 is 0 Å². The number of aryl methyl sites for hydroxylation is 1. The van der Waals surface area contributed by atoms with E-state index in [2.05, 4.69) is 20.7 Å². The minimum absolute atomic E-state index is 0.514. The first-order chi connectivity index (χ1) is 10.9. The Balaban J connectivity index is 1.46. The topological polar surface area (TPSA) is 63.5 Å². The molecule has 1 aromatic rings. The summed E-state index contributed by atoms with van der Waals surface area (Å²) in [6, 6.07) is 1.95. The minimum Gasteiger partial charge on any atom is -0.378 e. The summed E-state index contributed by atoms with van der Waals surface area (Å²) >= 11 is 0.